The normalized spacial score (nSPS) is 16.8. The second kappa shape index (κ2) is 21.3. The number of nitrogens with zero attached hydrogens (tertiary/aromatic N) is 9. The zero-order valence-corrected chi connectivity index (χ0v) is 43.2. The van der Waals surface area contributed by atoms with Crippen LogP contribution in [-0.2, 0) is 82.5 Å². The minimum absolute atomic E-state index is 0.509. The predicted octanol–water partition coefficient (Wildman–Crippen LogP) is 11.7. The van der Waals surface area contributed by atoms with Crippen molar-refractivity contribution >= 4 is 0 Å². The molecule has 1 fully saturated rings. The fourth-order valence-electron chi connectivity index (χ4n) is 11.2. The lowest BCUT2D eigenvalue weighted by Gasteiger charge is -2.27. The number of ether oxygens (including phenoxy) is 1. The highest BCUT2D eigenvalue weighted by molar-refractivity contribution is 5.35. The largest absolute Gasteiger partial charge is 0.377 e. The Morgan fingerprint density at radius 2 is 0.938 bits per heavy atom. The summed E-state index contributed by atoms with van der Waals surface area (Å²) in [4.78, 5) is 0. The molecule has 6 heterocycles. The van der Waals surface area contributed by atoms with Crippen LogP contribution in [0, 0.1) is 0 Å². The van der Waals surface area contributed by atoms with E-state index in [9.17, 15) is 0 Å². The zero-order valence-electron chi connectivity index (χ0n) is 43.2. The molecule has 1 N–H and O–H groups in total. The Kier molecular flexibility index (Phi) is 16.0. The highest BCUT2D eigenvalue weighted by Gasteiger charge is 2.31. The Labute approximate surface area is 392 Å². The Morgan fingerprint density at radius 1 is 0.492 bits per heavy atom. The molecule has 65 heavy (non-hydrogen) atoms. The smallest absolute Gasteiger partial charge is 0.0988 e. The van der Waals surface area contributed by atoms with Gasteiger partial charge in [0, 0.05) is 48.1 Å². The van der Waals surface area contributed by atoms with E-state index in [0.717, 1.165) is 19.8 Å². The average Bonchev–Trinajstić information content (AvgIpc) is 4.07. The van der Waals surface area contributed by atoms with Crippen LogP contribution in [0.1, 0.15) is 249 Å². The maximum atomic E-state index is 5.26. The number of hydrogen-bond donors (Lipinski definition) is 1. The minimum atomic E-state index is 0.509. The summed E-state index contributed by atoms with van der Waals surface area (Å²) in [5.74, 6) is 2.87. The third-order valence-corrected chi connectivity index (χ3v) is 14.5. The molecule has 1 aliphatic heterocycles. The summed E-state index contributed by atoms with van der Waals surface area (Å²) in [6.07, 6.45) is 18.9. The van der Waals surface area contributed by atoms with Crippen molar-refractivity contribution in [1.82, 2.24) is 49.3 Å². The first kappa shape index (κ1) is 48.9. The van der Waals surface area contributed by atoms with Crippen molar-refractivity contribution < 1.29 is 4.74 Å². The van der Waals surface area contributed by atoms with Crippen molar-refractivity contribution in [2.45, 2.75) is 235 Å². The van der Waals surface area contributed by atoms with Crippen molar-refractivity contribution in [2.24, 2.45) is 7.05 Å². The highest BCUT2D eigenvalue weighted by atomic mass is 16.5. The number of nitrogens with one attached hydrogen (secondary N) is 1. The van der Waals surface area contributed by atoms with Crippen LogP contribution in [0.5, 0.6) is 0 Å². The van der Waals surface area contributed by atoms with Crippen LogP contribution in [0.4, 0.5) is 0 Å². The molecule has 0 unspecified atom stereocenters. The van der Waals surface area contributed by atoms with E-state index in [2.05, 4.69) is 136 Å². The standard InChI is InChI=1S/C12H18N2O.C12H20N2.C11H18N2.C10H16N2.C9H14N2/c1-8(2)12-10-4-3-5-11(10)14(13-12)9-6-15-7-9;1-8(2)12-10-6-5-7-11(10)14(13-12)9(3)4;1-4-13-10-7-5-6-9(10)11(12-13)8(2)3;1-7(2)10-8-5-4-6-9(8)12(3)11-10;1-6(2)9-7-4-3-5-8(7)10-11-9/h8-9H,3-7H2,1-2H3;8-9H,5-7H2,1-4H3;8H,4-7H2,1-3H3;7H,4-6H2,1-3H3;6H,3-5H2,1-2H3,(H,10,11). The van der Waals surface area contributed by atoms with Gasteiger partial charge in [0.05, 0.1) is 47.7 Å². The Balaban J connectivity index is 0.000000122. The molecule has 358 valence electrons. The SMILES string of the molecule is CC(C)c1n[nH]c2c1CCC2.CC(C)c1nn(C(C)C)c2c1CCC2.CC(C)c1nn(C)c2c1CCC2.CC(C)c1nn(C2COC2)c2c1CCC2.CCn1nc(C(C)C)c2c1CCC2. The molecule has 0 saturated carbocycles. The van der Waals surface area contributed by atoms with E-state index >= 15 is 0 Å². The van der Waals surface area contributed by atoms with Crippen LogP contribution in [0.25, 0.3) is 0 Å². The van der Waals surface area contributed by atoms with E-state index in [0.29, 0.717) is 41.7 Å². The molecule has 5 aliphatic carbocycles. The maximum absolute atomic E-state index is 5.26. The van der Waals surface area contributed by atoms with Gasteiger partial charge >= 0.3 is 0 Å². The van der Waals surface area contributed by atoms with E-state index < -0.39 is 0 Å². The van der Waals surface area contributed by atoms with E-state index in [1.807, 2.05) is 0 Å². The van der Waals surface area contributed by atoms with Crippen molar-refractivity contribution in [3.8, 4) is 0 Å². The van der Waals surface area contributed by atoms with Gasteiger partial charge < -0.3 is 4.74 Å². The molecule has 0 radical (unpaired) electrons. The van der Waals surface area contributed by atoms with Gasteiger partial charge in [0.2, 0.25) is 0 Å². The van der Waals surface area contributed by atoms with Crippen molar-refractivity contribution in [1.29, 1.82) is 0 Å². The first-order valence-corrected chi connectivity index (χ1v) is 26.1. The van der Waals surface area contributed by atoms with E-state index in [1.165, 1.54) is 170 Å². The lowest BCUT2D eigenvalue weighted by Crippen LogP contribution is -2.32. The molecule has 11 rings (SSSR count). The minimum Gasteiger partial charge on any atom is -0.377 e. The van der Waals surface area contributed by atoms with Crippen molar-refractivity contribution in [3.63, 3.8) is 0 Å². The molecule has 11 nitrogen and oxygen atoms in total. The third-order valence-electron chi connectivity index (χ3n) is 14.5. The molecular formula is C54H86N10O. The third kappa shape index (κ3) is 10.5. The van der Waals surface area contributed by atoms with Crippen molar-refractivity contribution in [3.05, 3.63) is 84.8 Å². The quantitative estimate of drug-likeness (QED) is 0.166. The van der Waals surface area contributed by atoms with Crippen LogP contribution in [-0.4, -0.2) is 62.5 Å². The highest BCUT2D eigenvalue weighted by Crippen LogP contribution is 2.35. The zero-order chi connectivity index (χ0) is 46.7. The van der Waals surface area contributed by atoms with Gasteiger partial charge in [-0.3, -0.25) is 23.8 Å². The monoisotopic (exact) mass is 891 g/mol. The summed E-state index contributed by atoms with van der Waals surface area (Å²) in [6.45, 7) is 31.6. The lowest BCUT2D eigenvalue weighted by atomic mass is 10.0. The molecule has 0 atom stereocenters. The van der Waals surface area contributed by atoms with Crippen LogP contribution in [0.15, 0.2) is 0 Å². The molecule has 11 heteroatoms. The Hall–Kier alpha value is -3.99. The van der Waals surface area contributed by atoms with Gasteiger partial charge in [-0.05, 0) is 174 Å². The number of aryl methyl sites for hydroxylation is 3. The number of H-pyrrole nitrogens is 1. The van der Waals surface area contributed by atoms with Crippen LogP contribution in [0.2, 0.25) is 0 Å². The van der Waals surface area contributed by atoms with Gasteiger partial charge in [0.25, 0.3) is 0 Å². The molecule has 1 saturated heterocycles. The molecule has 5 aromatic heterocycles. The predicted molar refractivity (Wildman–Crippen MR) is 265 cm³/mol. The topological polar surface area (TPSA) is 109 Å². The van der Waals surface area contributed by atoms with E-state index in [4.69, 9.17) is 14.9 Å². The van der Waals surface area contributed by atoms with Gasteiger partial charge in [0.1, 0.15) is 0 Å². The summed E-state index contributed by atoms with van der Waals surface area (Å²) in [7, 11) is 2.07. The van der Waals surface area contributed by atoms with Gasteiger partial charge in [0.15, 0.2) is 0 Å². The summed E-state index contributed by atoms with van der Waals surface area (Å²) in [5.41, 5.74) is 21.7. The van der Waals surface area contributed by atoms with Crippen LogP contribution >= 0.6 is 0 Å². The average molecular weight is 891 g/mol. The van der Waals surface area contributed by atoms with E-state index in [1.54, 1.807) is 11.1 Å². The fourth-order valence-corrected chi connectivity index (χ4v) is 11.2. The number of rotatable bonds is 8. The van der Waals surface area contributed by atoms with Crippen LogP contribution < -0.4 is 0 Å². The molecular weight excluding hydrogens is 805 g/mol. The summed E-state index contributed by atoms with van der Waals surface area (Å²) in [6, 6.07) is 1.03. The molecule has 0 bridgehead atoms. The molecule has 0 aromatic carbocycles. The Morgan fingerprint density at radius 3 is 1.48 bits per heavy atom. The second-order valence-corrected chi connectivity index (χ2v) is 21.5. The van der Waals surface area contributed by atoms with Gasteiger partial charge in [-0.15, -0.1) is 0 Å². The molecule has 6 aliphatic rings. The van der Waals surface area contributed by atoms with Gasteiger partial charge in [-0.1, -0.05) is 69.2 Å². The summed E-state index contributed by atoms with van der Waals surface area (Å²) in [5, 5.41) is 26.2. The van der Waals surface area contributed by atoms with E-state index in [-0.39, 0.29) is 0 Å². The van der Waals surface area contributed by atoms with Gasteiger partial charge in [-0.25, -0.2) is 0 Å². The Bertz CT molecular complexity index is 2300. The number of aromatic amines is 1. The first-order chi connectivity index (χ1) is 31.1. The number of fused-ring (bicyclic) bond motifs is 5. The maximum Gasteiger partial charge on any atom is 0.0988 e. The van der Waals surface area contributed by atoms with Gasteiger partial charge in [-0.2, -0.15) is 25.5 Å². The number of hydrogen-bond acceptors (Lipinski definition) is 6. The fraction of sp³-hybridized carbons (Fsp3) is 0.722. The van der Waals surface area contributed by atoms with Crippen LogP contribution in [0.3, 0.4) is 0 Å². The molecule has 0 amide bonds. The summed E-state index contributed by atoms with van der Waals surface area (Å²) >= 11 is 0. The molecule has 5 aromatic rings. The van der Waals surface area contributed by atoms with Crippen molar-refractivity contribution in [2.75, 3.05) is 13.2 Å². The lowest BCUT2D eigenvalue weighted by molar-refractivity contribution is -0.0299. The molecule has 0 spiro atoms. The summed E-state index contributed by atoms with van der Waals surface area (Å²) < 4.78 is 14.0. The number of aromatic nitrogens is 10. The first-order valence-electron chi connectivity index (χ1n) is 26.1. The second-order valence-electron chi connectivity index (χ2n) is 21.5.